The normalized spacial score (nSPS) is 10.6. The number of hydrogen-bond acceptors (Lipinski definition) is 4. The maximum Gasteiger partial charge on any atom is 0.252 e. The van der Waals surface area contributed by atoms with Crippen LogP contribution in [0.25, 0.3) is 10.8 Å². The Morgan fingerprint density at radius 2 is 1.72 bits per heavy atom. The number of carbonyl (C=O) groups excluding carboxylic acids is 2. The molecule has 3 rings (SSSR count). The molecule has 1 N–H and O–H groups in total. The summed E-state index contributed by atoms with van der Waals surface area (Å²) in [5.74, 6) is 0.976. The van der Waals surface area contributed by atoms with E-state index in [1.165, 1.54) is 11.8 Å². The topological polar surface area (TPSA) is 58.6 Å². The second kappa shape index (κ2) is 9.47. The van der Waals surface area contributed by atoms with Gasteiger partial charge < -0.3 is 15.0 Å². The molecule has 0 saturated heterocycles. The fourth-order valence-electron chi connectivity index (χ4n) is 2.84. The molecule has 0 aliphatic carbocycles. The quantitative estimate of drug-likeness (QED) is 0.601. The number of thioether (sulfide) groups is 1. The van der Waals surface area contributed by atoms with Crippen molar-refractivity contribution in [2.45, 2.75) is 11.4 Å². The van der Waals surface area contributed by atoms with Crippen LogP contribution in [0.4, 0.5) is 0 Å². The van der Waals surface area contributed by atoms with Crippen LogP contribution in [-0.2, 0) is 11.3 Å². The van der Waals surface area contributed by atoms with Crippen LogP contribution in [-0.4, -0.2) is 43.7 Å². The average molecular weight is 409 g/mol. The molecule has 3 aromatic carbocycles. The molecule has 0 aliphatic rings. The molecular formula is C23H24N2O3S. The lowest BCUT2D eigenvalue weighted by Gasteiger charge is -2.12. The van der Waals surface area contributed by atoms with Crippen molar-refractivity contribution in [3.63, 3.8) is 0 Å². The van der Waals surface area contributed by atoms with E-state index >= 15 is 0 Å². The third-order valence-corrected chi connectivity index (χ3v) is 5.60. The number of nitrogens with zero attached hydrogens (tertiary/aromatic N) is 1. The number of hydrogen-bond donors (Lipinski definition) is 1. The summed E-state index contributed by atoms with van der Waals surface area (Å²) in [5, 5.41) is 5.16. The zero-order valence-electron chi connectivity index (χ0n) is 16.8. The molecule has 5 nitrogen and oxygen atoms in total. The Labute approximate surface area is 175 Å². The lowest BCUT2D eigenvalue weighted by molar-refractivity contribution is -0.125. The van der Waals surface area contributed by atoms with Gasteiger partial charge in [-0.2, -0.15) is 0 Å². The minimum absolute atomic E-state index is 0.0120. The number of benzene rings is 3. The summed E-state index contributed by atoms with van der Waals surface area (Å²) in [6, 6.07) is 19.4. The highest BCUT2D eigenvalue weighted by atomic mass is 32.2. The Morgan fingerprint density at radius 3 is 2.48 bits per heavy atom. The molecule has 0 unspecified atom stereocenters. The Kier molecular flexibility index (Phi) is 6.77. The summed E-state index contributed by atoms with van der Waals surface area (Å²) >= 11 is 1.37. The fraction of sp³-hybridized carbons (Fsp3) is 0.217. The van der Waals surface area contributed by atoms with Crippen molar-refractivity contribution < 1.29 is 14.3 Å². The third kappa shape index (κ3) is 5.29. The molecule has 0 heterocycles. The number of amides is 2. The number of carbonyl (C=O) groups is 2. The van der Waals surface area contributed by atoms with E-state index in [1.54, 1.807) is 32.2 Å². The van der Waals surface area contributed by atoms with Crippen LogP contribution in [0.15, 0.2) is 65.6 Å². The van der Waals surface area contributed by atoms with Gasteiger partial charge in [-0.25, -0.2) is 0 Å². The van der Waals surface area contributed by atoms with E-state index in [0.717, 1.165) is 27.0 Å². The molecular weight excluding hydrogens is 384 g/mol. The molecule has 3 aromatic rings. The Balaban J connectivity index is 1.68. The van der Waals surface area contributed by atoms with E-state index in [2.05, 4.69) is 11.4 Å². The van der Waals surface area contributed by atoms with Crippen LogP contribution >= 0.6 is 11.8 Å². The smallest absolute Gasteiger partial charge is 0.252 e. The number of rotatable bonds is 7. The molecule has 0 bridgehead atoms. The monoisotopic (exact) mass is 408 g/mol. The zero-order chi connectivity index (χ0) is 20.8. The fourth-order valence-corrected chi connectivity index (χ4v) is 3.86. The summed E-state index contributed by atoms with van der Waals surface area (Å²) in [5.41, 5.74) is 1.60. The lowest BCUT2D eigenvalue weighted by Crippen LogP contribution is -2.25. The van der Waals surface area contributed by atoms with Crippen LogP contribution in [0.2, 0.25) is 0 Å². The number of methoxy groups -OCH3 is 1. The molecule has 0 fully saturated rings. The van der Waals surface area contributed by atoms with E-state index in [4.69, 9.17) is 4.74 Å². The number of nitrogens with one attached hydrogen (secondary N) is 1. The minimum Gasteiger partial charge on any atom is -0.497 e. The van der Waals surface area contributed by atoms with Crippen LogP contribution in [0.1, 0.15) is 15.9 Å². The Morgan fingerprint density at radius 1 is 1.00 bits per heavy atom. The van der Waals surface area contributed by atoms with Crippen LogP contribution < -0.4 is 10.1 Å². The molecule has 0 aromatic heterocycles. The van der Waals surface area contributed by atoms with Gasteiger partial charge >= 0.3 is 0 Å². The molecule has 0 atom stereocenters. The van der Waals surface area contributed by atoms with Crippen molar-refractivity contribution in [1.29, 1.82) is 0 Å². The summed E-state index contributed by atoms with van der Waals surface area (Å²) in [6.07, 6.45) is 0. The van der Waals surface area contributed by atoms with Gasteiger partial charge in [-0.3, -0.25) is 9.59 Å². The van der Waals surface area contributed by atoms with Gasteiger partial charge in [-0.1, -0.05) is 30.3 Å². The van der Waals surface area contributed by atoms with E-state index < -0.39 is 0 Å². The largest absolute Gasteiger partial charge is 0.497 e. The van der Waals surface area contributed by atoms with Gasteiger partial charge in [0, 0.05) is 25.5 Å². The van der Waals surface area contributed by atoms with Crippen molar-refractivity contribution in [2.24, 2.45) is 0 Å². The molecule has 150 valence electrons. The van der Waals surface area contributed by atoms with E-state index in [9.17, 15) is 9.59 Å². The number of fused-ring (bicyclic) bond motifs is 1. The first-order chi connectivity index (χ1) is 14.0. The standard InChI is InChI=1S/C23H24N2O3S/c1-25(2)22(26)15-29-21-7-5-4-6-20(21)23(27)24-14-16-8-9-18-13-19(28-3)11-10-17(18)12-16/h4-13H,14-15H2,1-3H3,(H,24,27). The van der Waals surface area contributed by atoms with Crippen molar-refractivity contribution in [3.05, 3.63) is 71.8 Å². The first kappa shape index (κ1) is 20.7. The highest BCUT2D eigenvalue weighted by Crippen LogP contribution is 2.24. The minimum atomic E-state index is -0.153. The van der Waals surface area contributed by atoms with Crippen LogP contribution in [0, 0.1) is 0 Å². The van der Waals surface area contributed by atoms with Crippen molar-refractivity contribution in [1.82, 2.24) is 10.2 Å². The molecule has 0 aliphatic heterocycles. The van der Waals surface area contributed by atoms with Gasteiger partial charge in [-0.15, -0.1) is 11.8 Å². The Hall–Kier alpha value is -2.99. The maximum atomic E-state index is 12.7. The Bertz CT molecular complexity index is 1030. The molecule has 29 heavy (non-hydrogen) atoms. The highest BCUT2D eigenvalue weighted by molar-refractivity contribution is 8.00. The van der Waals surface area contributed by atoms with Crippen molar-refractivity contribution >= 4 is 34.3 Å². The second-order valence-corrected chi connectivity index (χ2v) is 7.82. The van der Waals surface area contributed by atoms with E-state index in [1.807, 2.05) is 48.5 Å². The summed E-state index contributed by atoms with van der Waals surface area (Å²) < 4.78 is 5.26. The predicted molar refractivity (Wildman–Crippen MR) is 118 cm³/mol. The third-order valence-electron chi connectivity index (χ3n) is 4.55. The van der Waals surface area contributed by atoms with Crippen LogP contribution in [0.5, 0.6) is 5.75 Å². The first-order valence-corrected chi connectivity index (χ1v) is 10.2. The lowest BCUT2D eigenvalue weighted by atomic mass is 10.1. The molecule has 0 radical (unpaired) electrons. The molecule has 6 heteroatoms. The zero-order valence-corrected chi connectivity index (χ0v) is 17.6. The molecule has 2 amide bonds. The summed E-state index contributed by atoms with van der Waals surface area (Å²) in [4.78, 5) is 26.9. The van der Waals surface area contributed by atoms with Crippen molar-refractivity contribution in [2.75, 3.05) is 27.0 Å². The van der Waals surface area contributed by atoms with Gasteiger partial charge in [0.15, 0.2) is 0 Å². The van der Waals surface area contributed by atoms with E-state index in [0.29, 0.717) is 17.9 Å². The van der Waals surface area contributed by atoms with Gasteiger partial charge in [0.25, 0.3) is 5.91 Å². The number of ether oxygens (including phenoxy) is 1. The molecule has 0 saturated carbocycles. The van der Waals surface area contributed by atoms with Gasteiger partial charge in [0.05, 0.1) is 18.4 Å². The van der Waals surface area contributed by atoms with Crippen LogP contribution in [0.3, 0.4) is 0 Å². The first-order valence-electron chi connectivity index (χ1n) is 9.25. The van der Waals surface area contributed by atoms with Gasteiger partial charge in [0.2, 0.25) is 5.91 Å². The average Bonchev–Trinajstić information content (AvgIpc) is 2.75. The van der Waals surface area contributed by atoms with Gasteiger partial charge in [0.1, 0.15) is 5.75 Å². The van der Waals surface area contributed by atoms with Crippen molar-refractivity contribution in [3.8, 4) is 5.75 Å². The second-order valence-electron chi connectivity index (χ2n) is 6.80. The van der Waals surface area contributed by atoms with Gasteiger partial charge in [-0.05, 0) is 46.7 Å². The summed E-state index contributed by atoms with van der Waals surface area (Å²) in [6.45, 7) is 0.427. The highest BCUT2D eigenvalue weighted by Gasteiger charge is 2.13. The maximum absolute atomic E-state index is 12.7. The van der Waals surface area contributed by atoms with E-state index in [-0.39, 0.29) is 11.8 Å². The molecule has 0 spiro atoms. The predicted octanol–water partition coefficient (Wildman–Crippen LogP) is 3.96. The summed E-state index contributed by atoms with van der Waals surface area (Å²) in [7, 11) is 5.10. The SMILES string of the molecule is COc1ccc2cc(CNC(=O)c3ccccc3SCC(=O)N(C)C)ccc2c1.